The highest BCUT2D eigenvalue weighted by Gasteiger charge is 2.36. The van der Waals surface area contributed by atoms with Gasteiger partial charge < -0.3 is 4.57 Å². The molecule has 13 aromatic rings. The van der Waals surface area contributed by atoms with Crippen molar-refractivity contribution in [1.29, 1.82) is 0 Å². The Hall–Kier alpha value is -8.66. The van der Waals surface area contributed by atoms with E-state index in [9.17, 15) is 0 Å². The number of benzene rings is 7. The van der Waals surface area contributed by atoms with Crippen molar-refractivity contribution >= 4 is 99.0 Å². The van der Waals surface area contributed by atoms with Crippen LogP contribution >= 0.6 is 0 Å². The van der Waals surface area contributed by atoms with E-state index in [1.54, 1.807) is 0 Å². The summed E-state index contributed by atoms with van der Waals surface area (Å²) in [7, 11) is 0. The lowest BCUT2D eigenvalue weighted by atomic mass is 9.85. The number of hydrogen-bond donors (Lipinski definition) is 0. The second-order valence-electron chi connectivity index (χ2n) is 36.4. The van der Waals surface area contributed by atoms with Crippen LogP contribution in [-0.2, 0) is 43.3 Å². The van der Waals surface area contributed by atoms with E-state index < -0.39 is 0 Å². The number of aromatic nitrogens is 5. The standard InChI is InChI=1S/C90H100N6/c1-83(2,3)54-25-33-70-62(45-54)63-46-55(84(4,5)6)26-34-71(63)93(70)79-78(53-41-43-91-44-42-53)80(94-72-35-27-56(85(7,8)9)47-64(72)65-48-57(86(10,11)12)28-36-73(65)94)82(96-76-39-31-60(89(19,20)21)51-68(76)69-52-61(90(22,23)24)32-40-77(69)96)92-81(79)95-74-37-29-58(87(13,14)15)49-66(74)67-50-59(88(16,17)18)30-38-75(67)95/h25-27,29-35,37-41,43,45-52H,42,44H2,1-24H3. The Kier molecular flexibility index (Phi) is 14.4. The van der Waals surface area contributed by atoms with Gasteiger partial charge in [-0.25, -0.2) is 4.98 Å². The summed E-state index contributed by atoms with van der Waals surface area (Å²) in [5.41, 5.74) is 22.0. The van der Waals surface area contributed by atoms with Gasteiger partial charge in [-0.05, 0) is 197 Å². The molecular weight excluding hydrogens is 1170 g/mol. The first-order valence-electron chi connectivity index (χ1n) is 35.2. The van der Waals surface area contributed by atoms with Crippen LogP contribution in [0.15, 0.2) is 145 Å². The second kappa shape index (κ2) is 21.4. The molecule has 0 saturated carbocycles. The van der Waals surface area contributed by atoms with E-state index >= 15 is 0 Å². The second-order valence-corrected chi connectivity index (χ2v) is 36.4. The molecule has 0 amide bonds. The molecule has 0 fully saturated rings. The fourth-order valence-electron chi connectivity index (χ4n) is 14.8. The van der Waals surface area contributed by atoms with Gasteiger partial charge in [-0.2, -0.15) is 0 Å². The van der Waals surface area contributed by atoms with Crippen molar-refractivity contribution in [3.63, 3.8) is 0 Å². The summed E-state index contributed by atoms with van der Waals surface area (Å²) in [6, 6.07) is 61.0. The van der Waals surface area contributed by atoms with E-state index in [1.807, 2.05) is 0 Å². The third-order valence-corrected chi connectivity index (χ3v) is 21.0. The summed E-state index contributed by atoms with van der Waals surface area (Å²) < 4.78 is 10.3. The minimum atomic E-state index is -0.194. The SMILES string of the molecule is CC(C)(C)c1c#cc2c(c1)c1cc(C(C)(C)C)ccc1n2-c1c(-n2c3ccc(C(C)(C)C)cc3c3cc(C(C)(C)C)ccc32)nc(-n2c3ccc(C(C)(C)C)cc3c3cc(C(C)(C)C)ccc32)c(-n2c3ccc(C(C)(C)C)cc3c3cc(C(C)(C)C)ccc32)c1C1=CC=NCC1. The molecule has 6 heterocycles. The molecule has 6 nitrogen and oxygen atoms in total. The van der Waals surface area contributed by atoms with Crippen LogP contribution in [0.3, 0.4) is 0 Å². The van der Waals surface area contributed by atoms with Gasteiger partial charge in [0.2, 0.25) is 0 Å². The van der Waals surface area contributed by atoms with Gasteiger partial charge in [0.15, 0.2) is 11.6 Å². The smallest absolute Gasteiger partial charge is 0.165 e. The highest BCUT2D eigenvalue weighted by Crippen LogP contribution is 2.51. The quantitative estimate of drug-likeness (QED) is 0.169. The average molecular weight is 1270 g/mol. The Balaban J connectivity index is 1.33. The van der Waals surface area contributed by atoms with Crippen LogP contribution < -0.4 is 0 Å². The molecule has 0 atom stereocenters. The predicted octanol–water partition coefficient (Wildman–Crippen LogP) is 24.3. The van der Waals surface area contributed by atoms with Crippen LogP contribution in [0.4, 0.5) is 0 Å². The fourth-order valence-corrected chi connectivity index (χ4v) is 14.8. The van der Waals surface area contributed by atoms with Crippen molar-refractivity contribution < 1.29 is 0 Å². The van der Waals surface area contributed by atoms with Crippen LogP contribution in [0.2, 0.25) is 0 Å². The Morgan fingerprint density at radius 2 is 0.583 bits per heavy atom. The average Bonchev–Trinajstić information content (AvgIpc) is 1.45. The van der Waals surface area contributed by atoms with Crippen molar-refractivity contribution in [2.75, 3.05) is 6.54 Å². The highest BCUT2D eigenvalue weighted by atomic mass is 15.2. The van der Waals surface area contributed by atoms with Gasteiger partial charge in [0, 0.05) is 67.0 Å². The van der Waals surface area contributed by atoms with Gasteiger partial charge in [-0.3, -0.25) is 18.7 Å². The monoisotopic (exact) mass is 1260 g/mol. The molecular formula is C90H100N6. The molecule has 5 aromatic heterocycles. The number of fused-ring (bicyclic) bond motifs is 12. The van der Waals surface area contributed by atoms with E-state index in [4.69, 9.17) is 9.98 Å². The Labute approximate surface area is 571 Å². The zero-order chi connectivity index (χ0) is 68.8. The van der Waals surface area contributed by atoms with Crippen LogP contribution in [0.5, 0.6) is 0 Å². The van der Waals surface area contributed by atoms with Crippen molar-refractivity contribution in [2.24, 2.45) is 4.99 Å². The van der Waals surface area contributed by atoms with Gasteiger partial charge in [-0.15, -0.1) is 0 Å². The van der Waals surface area contributed by atoms with Gasteiger partial charge in [0.05, 0.1) is 44.3 Å². The molecule has 8 aromatic carbocycles. The summed E-state index contributed by atoms with van der Waals surface area (Å²) in [6.07, 6.45) is 5.07. The van der Waals surface area contributed by atoms with E-state index in [0.29, 0.717) is 13.0 Å². The van der Waals surface area contributed by atoms with Crippen LogP contribution in [0, 0.1) is 12.1 Å². The number of allylic oxidation sites excluding steroid dienone is 1. The van der Waals surface area contributed by atoms with E-state index in [-0.39, 0.29) is 43.3 Å². The largest absolute Gasteiger partial charge is 0.305 e. The maximum absolute atomic E-state index is 6.76. The molecule has 0 radical (unpaired) electrons. The first kappa shape index (κ1) is 64.7. The number of nitrogens with zero attached hydrogens (tertiary/aromatic N) is 6. The lowest BCUT2D eigenvalue weighted by Crippen LogP contribution is -2.18. The van der Waals surface area contributed by atoms with E-state index in [1.165, 1.54) is 82.2 Å². The van der Waals surface area contributed by atoms with E-state index in [0.717, 1.165) is 83.7 Å². The highest BCUT2D eigenvalue weighted by molar-refractivity contribution is 6.16. The first-order valence-corrected chi connectivity index (χ1v) is 35.2. The van der Waals surface area contributed by atoms with Crippen LogP contribution in [0.25, 0.3) is 116 Å². The van der Waals surface area contributed by atoms with E-state index in [2.05, 4.69) is 342 Å². The Morgan fingerprint density at radius 1 is 0.302 bits per heavy atom. The fraction of sp³-hybridized carbons (Fsp3) is 0.378. The topological polar surface area (TPSA) is 45.0 Å². The summed E-state index contributed by atoms with van der Waals surface area (Å²) in [6.45, 7) is 56.6. The summed E-state index contributed by atoms with van der Waals surface area (Å²) in [4.78, 5) is 11.8. The molecule has 14 rings (SSSR count). The van der Waals surface area contributed by atoms with Gasteiger partial charge >= 0.3 is 0 Å². The molecule has 1 aliphatic heterocycles. The first-order chi connectivity index (χ1) is 44.7. The molecule has 1 aliphatic rings. The third-order valence-electron chi connectivity index (χ3n) is 21.0. The molecule has 0 bridgehead atoms. The number of aliphatic imine (C=N–C) groups is 1. The molecule has 0 N–H and O–H groups in total. The minimum absolute atomic E-state index is 0.111. The predicted molar refractivity (Wildman–Crippen MR) is 415 cm³/mol. The van der Waals surface area contributed by atoms with Crippen LogP contribution in [-0.4, -0.2) is 36.0 Å². The summed E-state index contributed by atoms with van der Waals surface area (Å²) in [5.74, 6) is 1.66. The summed E-state index contributed by atoms with van der Waals surface area (Å²) >= 11 is 0. The van der Waals surface area contributed by atoms with Crippen LogP contribution in [0.1, 0.15) is 223 Å². The van der Waals surface area contributed by atoms with Crippen molar-refractivity contribution in [3.8, 4) is 23.0 Å². The number of hydrogen-bond acceptors (Lipinski definition) is 2. The summed E-state index contributed by atoms with van der Waals surface area (Å²) in [5, 5.41) is 9.56. The molecule has 0 unspecified atom stereocenters. The van der Waals surface area contributed by atoms with Gasteiger partial charge in [-0.1, -0.05) is 215 Å². The molecule has 0 aliphatic carbocycles. The molecule has 0 spiro atoms. The van der Waals surface area contributed by atoms with Crippen molar-refractivity contribution in [3.05, 3.63) is 202 Å². The van der Waals surface area contributed by atoms with Crippen molar-refractivity contribution in [1.82, 2.24) is 23.3 Å². The lowest BCUT2D eigenvalue weighted by Gasteiger charge is -2.28. The van der Waals surface area contributed by atoms with Gasteiger partial charge in [0.25, 0.3) is 0 Å². The molecule has 6 heteroatoms. The number of pyridine rings is 1. The maximum atomic E-state index is 6.76. The molecule has 0 saturated heterocycles. The van der Waals surface area contributed by atoms with Gasteiger partial charge in [0.1, 0.15) is 11.2 Å². The number of rotatable bonds is 5. The van der Waals surface area contributed by atoms with Crippen molar-refractivity contribution in [2.45, 2.75) is 216 Å². The number of dihydropyridines is 1. The zero-order valence-electron chi connectivity index (χ0n) is 62.0. The lowest BCUT2D eigenvalue weighted by molar-refractivity contribution is 0.590. The molecule has 96 heavy (non-hydrogen) atoms. The molecule has 490 valence electrons. The normalized spacial score (nSPS) is 14.3. The Bertz CT molecular complexity index is 4850. The Morgan fingerprint density at radius 3 is 0.865 bits per heavy atom. The zero-order valence-corrected chi connectivity index (χ0v) is 62.0. The maximum Gasteiger partial charge on any atom is 0.165 e. The minimum Gasteiger partial charge on any atom is -0.305 e. The third kappa shape index (κ3) is 10.6.